The van der Waals surface area contributed by atoms with Crippen LogP contribution in [0.15, 0.2) is 24.3 Å². The third-order valence-corrected chi connectivity index (χ3v) is 4.22. The highest BCUT2D eigenvalue weighted by atomic mass is 19.1. The molecular formula is C16H23FN2O2. The van der Waals surface area contributed by atoms with Gasteiger partial charge in [0.05, 0.1) is 5.41 Å². The fourth-order valence-corrected chi connectivity index (χ4v) is 2.67. The zero-order valence-corrected chi connectivity index (χ0v) is 12.6. The van der Waals surface area contributed by atoms with Crippen molar-refractivity contribution >= 4 is 5.91 Å². The number of amides is 1. The van der Waals surface area contributed by atoms with E-state index in [1.54, 1.807) is 6.07 Å². The Labute approximate surface area is 125 Å². The van der Waals surface area contributed by atoms with Gasteiger partial charge in [0.25, 0.3) is 0 Å². The Morgan fingerprint density at radius 1 is 1.43 bits per heavy atom. The second-order valence-electron chi connectivity index (χ2n) is 5.60. The van der Waals surface area contributed by atoms with E-state index >= 15 is 0 Å². The maximum absolute atomic E-state index is 13.6. The number of carbonyl (C=O) groups is 1. The minimum Gasteiger partial charge on any atom is -0.381 e. The molecule has 0 radical (unpaired) electrons. The van der Waals surface area contributed by atoms with Crippen LogP contribution < -0.4 is 10.6 Å². The van der Waals surface area contributed by atoms with Crippen LogP contribution in [0, 0.1) is 5.82 Å². The van der Waals surface area contributed by atoms with Gasteiger partial charge in [-0.05, 0) is 44.5 Å². The number of ether oxygens (including phenoxy) is 1. The molecule has 1 heterocycles. The molecule has 1 atom stereocenters. The molecular weight excluding hydrogens is 271 g/mol. The second-order valence-corrected chi connectivity index (χ2v) is 5.60. The van der Waals surface area contributed by atoms with Gasteiger partial charge in [-0.1, -0.05) is 12.1 Å². The van der Waals surface area contributed by atoms with Gasteiger partial charge in [0, 0.05) is 25.8 Å². The Morgan fingerprint density at radius 3 is 2.76 bits per heavy atom. The minimum atomic E-state index is -0.687. The minimum absolute atomic E-state index is 0.0431. The zero-order valence-electron chi connectivity index (χ0n) is 12.6. The average Bonchev–Trinajstić information content (AvgIpc) is 2.52. The normalized spacial score (nSPS) is 19.0. The van der Waals surface area contributed by atoms with Crippen LogP contribution in [0.2, 0.25) is 0 Å². The Morgan fingerprint density at radius 2 is 2.14 bits per heavy atom. The number of likely N-dealkylation sites (N-methyl/N-ethyl adjacent to an activating group) is 1. The lowest BCUT2D eigenvalue weighted by molar-refractivity contribution is -0.130. The third-order valence-electron chi connectivity index (χ3n) is 4.22. The van der Waals surface area contributed by atoms with Gasteiger partial charge in [-0.15, -0.1) is 0 Å². The predicted molar refractivity (Wildman–Crippen MR) is 79.7 cm³/mol. The van der Waals surface area contributed by atoms with Gasteiger partial charge in [-0.2, -0.15) is 0 Å². The number of benzene rings is 1. The number of halogens is 1. The first kappa shape index (κ1) is 15.9. The maximum Gasteiger partial charge on any atom is 0.230 e. The smallest absolute Gasteiger partial charge is 0.230 e. The second kappa shape index (κ2) is 7.00. The van der Waals surface area contributed by atoms with Crippen molar-refractivity contribution in [3.8, 4) is 0 Å². The van der Waals surface area contributed by atoms with Crippen molar-refractivity contribution in [3.63, 3.8) is 0 Å². The standard InChI is InChI=1S/C16H23FN2O2/c1-12(18-2)11-19-15(20)16(6-8-21-9-7-16)13-4-3-5-14(17)10-13/h3-5,10,12,18H,6-9,11H2,1-2H3,(H,19,20). The Balaban J connectivity index is 2.22. The number of hydrogen-bond acceptors (Lipinski definition) is 3. The van der Waals surface area contributed by atoms with Gasteiger partial charge in [-0.25, -0.2) is 4.39 Å². The molecule has 0 spiro atoms. The highest BCUT2D eigenvalue weighted by Gasteiger charge is 2.41. The van der Waals surface area contributed by atoms with Gasteiger partial charge in [0.1, 0.15) is 5.82 Å². The van der Waals surface area contributed by atoms with E-state index < -0.39 is 5.41 Å². The number of hydrogen-bond donors (Lipinski definition) is 2. The van der Waals surface area contributed by atoms with Gasteiger partial charge >= 0.3 is 0 Å². The van der Waals surface area contributed by atoms with Crippen molar-refractivity contribution < 1.29 is 13.9 Å². The molecule has 116 valence electrons. The molecule has 1 fully saturated rings. The lowest BCUT2D eigenvalue weighted by Gasteiger charge is -2.36. The van der Waals surface area contributed by atoms with Gasteiger partial charge in [-0.3, -0.25) is 4.79 Å². The summed E-state index contributed by atoms with van der Waals surface area (Å²) in [6.07, 6.45) is 1.16. The highest BCUT2D eigenvalue weighted by molar-refractivity contribution is 5.88. The van der Waals surface area contributed by atoms with E-state index in [-0.39, 0.29) is 17.8 Å². The molecule has 1 amide bonds. The molecule has 1 aliphatic heterocycles. The zero-order chi connectivity index (χ0) is 15.3. The topological polar surface area (TPSA) is 50.4 Å². The summed E-state index contributed by atoms with van der Waals surface area (Å²) in [6, 6.07) is 6.54. The maximum atomic E-state index is 13.6. The number of nitrogens with one attached hydrogen (secondary N) is 2. The Kier molecular flexibility index (Phi) is 5.31. The molecule has 0 bridgehead atoms. The molecule has 4 nitrogen and oxygen atoms in total. The van der Waals surface area contributed by atoms with Crippen LogP contribution in [-0.2, 0) is 14.9 Å². The van der Waals surface area contributed by atoms with Crippen LogP contribution >= 0.6 is 0 Å². The average molecular weight is 294 g/mol. The van der Waals surface area contributed by atoms with E-state index in [1.165, 1.54) is 12.1 Å². The molecule has 1 aromatic carbocycles. The molecule has 5 heteroatoms. The molecule has 1 unspecified atom stereocenters. The first-order valence-corrected chi connectivity index (χ1v) is 7.38. The quantitative estimate of drug-likeness (QED) is 0.867. The Hall–Kier alpha value is -1.46. The monoisotopic (exact) mass is 294 g/mol. The SMILES string of the molecule is CNC(C)CNC(=O)C1(c2cccc(F)c2)CCOCC1. The Bertz CT molecular complexity index is 487. The van der Waals surface area contributed by atoms with E-state index in [1.807, 2.05) is 20.0 Å². The summed E-state index contributed by atoms with van der Waals surface area (Å²) in [5.41, 5.74) is 0.0498. The van der Waals surface area contributed by atoms with Crippen molar-refractivity contribution in [2.45, 2.75) is 31.2 Å². The van der Waals surface area contributed by atoms with Crippen molar-refractivity contribution in [2.75, 3.05) is 26.8 Å². The summed E-state index contributed by atoms with van der Waals surface area (Å²) in [4.78, 5) is 12.7. The predicted octanol–water partition coefficient (Wildman–Crippen LogP) is 1.60. The van der Waals surface area contributed by atoms with Crippen LogP contribution in [0.25, 0.3) is 0 Å². The van der Waals surface area contributed by atoms with Crippen LogP contribution in [0.5, 0.6) is 0 Å². The summed E-state index contributed by atoms with van der Waals surface area (Å²) in [7, 11) is 1.85. The molecule has 21 heavy (non-hydrogen) atoms. The molecule has 0 aliphatic carbocycles. The van der Waals surface area contributed by atoms with E-state index in [9.17, 15) is 9.18 Å². The fraction of sp³-hybridized carbons (Fsp3) is 0.562. The third kappa shape index (κ3) is 3.60. The van der Waals surface area contributed by atoms with E-state index in [0.717, 1.165) is 5.56 Å². The van der Waals surface area contributed by atoms with Crippen LogP contribution in [0.1, 0.15) is 25.3 Å². The van der Waals surface area contributed by atoms with Crippen molar-refractivity contribution in [1.29, 1.82) is 0 Å². The first-order chi connectivity index (χ1) is 10.1. The highest BCUT2D eigenvalue weighted by Crippen LogP contribution is 2.35. The first-order valence-electron chi connectivity index (χ1n) is 7.38. The van der Waals surface area contributed by atoms with Gasteiger partial charge in [0.15, 0.2) is 0 Å². The van der Waals surface area contributed by atoms with Gasteiger partial charge < -0.3 is 15.4 Å². The molecule has 2 rings (SSSR count). The van der Waals surface area contributed by atoms with Crippen LogP contribution in [0.4, 0.5) is 4.39 Å². The van der Waals surface area contributed by atoms with Crippen molar-refractivity contribution in [1.82, 2.24) is 10.6 Å². The van der Waals surface area contributed by atoms with Crippen molar-refractivity contribution in [2.24, 2.45) is 0 Å². The van der Waals surface area contributed by atoms with Crippen molar-refractivity contribution in [3.05, 3.63) is 35.6 Å². The summed E-state index contributed by atoms with van der Waals surface area (Å²) in [6.45, 7) is 3.59. The van der Waals surface area contributed by atoms with E-state index in [0.29, 0.717) is 32.6 Å². The molecule has 0 saturated carbocycles. The molecule has 1 aliphatic rings. The lowest BCUT2D eigenvalue weighted by Crippen LogP contribution is -2.50. The number of rotatable bonds is 5. The molecule has 2 N–H and O–H groups in total. The van der Waals surface area contributed by atoms with Crippen LogP contribution in [0.3, 0.4) is 0 Å². The fourth-order valence-electron chi connectivity index (χ4n) is 2.67. The largest absolute Gasteiger partial charge is 0.381 e. The molecule has 1 saturated heterocycles. The van der Waals surface area contributed by atoms with E-state index in [4.69, 9.17) is 4.74 Å². The van der Waals surface area contributed by atoms with E-state index in [2.05, 4.69) is 10.6 Å². The molecule has 0 aromatic heterocycles. The summed E-state index contributed by atoms with van der Waals surface area (Å²) < 4.78 is 18.9. The molecule has 1 aromatic rings. The van der Waals surface area contributed by atoms with Crippen LogP contribution in [-0.4, -0.2) is 38.8 Å². The summed E-state index contributed by atoms with van der Waals surface area (Å²) in [5, 5.41) is 6.07. The summed E-state index contributed by atoms with van der Waals surface area (Å²) >= 11 is 0. The lowest BCUT2D eigenvalue weighted by atomic mass is 9.73. The number of carbonyl (C=O) groups excluding carboxylic acids is 1. The van der Waals surface area contributed by atoms with Gasteiger partial charge in [0.2, 0.25) is 5.91 Å². The summed E-state index contributed by atoms with van der Waals surface area (Å²) in [5.74, 6) is -0.353.